The molecule has 0 aliphatic carbocycles. The molecule has 0 unspecified atom stereocenters. The standard InChI is InChI=1S/C14H12Br3NO/c15-9-11-7-12(16)14(13(17)8-11)19-6-3-10-1-4-18-5-2-10/h1-2,4-5,7-8H,3,6,9H2. The third-order valence-corrected chi connectivity index (χ3v) is 4.42. The molecule has 19 heavy (non-hydrogen) atoms. The number of alkyl halides is 1. The largest absolute Gasteiger partial charge is 0.491 e. The Balaban J connectivity index is 2.00. The van der Waals surface area contributed by atoms with Crippen LogP contribution in [0.15, 0.2) is 45.6 Å². The third kappa shape index (κ3) is 4.29. The molecule has 0 saturated heterocycles. The van der Waals surface area contributed by atoms with E-state index < -0.39 is 0 Å². The number of ether oxygens (including phenoxy) is 1. The Morgan fingerprint density at radius 1 is 1.00 bits per heavy atom. The van der Waals surface area contributed by atoms with Crippen LogP contribution in [0.5, 0.6) is 5.75 Å². The van der Waals surface area contributed by atoms with Gasteiger partial charge in [0.15, 0.2) is 0 Å². The quantitative estimate of drug-likeness (QED) is 0.591. The first kappa shape index (κ1) is 15.0. The Morgan fingerprint density at radius 2 is 1.63 bits per heavy atom. The number of aromatic nitrogens is 1. The Labute approximate surface area is 138 Å². The van der Waals surface area contributed by atoms with Gasteiger partial charge in [-0.15, -0.1) is 0 Å². The molecule has 0 spiro atoms. The Hall–Kier alpha value is -0.390. The summed E-state index contributed by atoms with van der Waals surface area (Å²) in [7, 11) is 0. The third-order valence-electron chi connectivity index (χ3n) is 2.60. The summed E-state index contributed by atoms with van der Waals surface area (Å²) in [6.45, 7) is 0.634. The van der Waals surface area contributed by atoms with Gasteiger partial charge >= 0.3 is 0 Å². The molecule has 5 heteroatoms. The molecule has 1 aromatic carbocycles. The van der Waals surface area contributed by atoms with E-state index in [2.05, 4.69) is 64.9 Å². The molecule has 0 saturated carbocycles. The molecule has 2 aromatic rings. The van der Waals surface area contributed by atoms with Crippen molar-refractivity contribution in [1.29, 1.82) is 0 Å². The molecule has 0 radical (unpaired) electrons. The highest BCUT2D eigenvalue weighted by molar-refractivity contribution is 9.11. The van der Waals surface area contributed by atoms with Gasteiger partial charge in [0.25, 0.3) is 0 Å². The van der Waals surface area contributed by atoms with Crippen LogP contribution in [-0.4, -0.2) is 11.6 Å². The Bertz CT molecular complexity index is 523. The van der Waals surface area contributed by atoms with Gasteiger partial charge < -0.3 is 4.74 Å². The zero-order chi connectivity index (χ0) is 13.7. The monoisotopic (exact) mass is 447 g/mol. The van der Waals surface area contributed by atoms with Crippen molar-refractivity contribution in [1.82, 2.24) is 4.98 Å². The lowest BCUT2D eigenvalue weighted by Crippen LogP contribution is -2.02. The zero-order valence-electron chi connectivity index (χ0n) is 10.1. The number of pyridine rings is 1. The van der Waals surface area contributed by atoms with Gasteiger partial charge in [0, 0.05) is 24.1 Å². The maximum absolute atomic E-state index is 5.84. The molecule has 2 nitrogen and oxygen atoms in total. The van der Waals surface area contributed by atoms with Crippen LogP contribution >= 0.6 is 47.8 Å². The molecular formula is C14H12Br3NO. The van der Waals surface area contributed by atoms with Crippen molar-refractivity contribution < 1.29 is 4.74 Å². The smallest absolute Gasteiger partial charge is 0.147 e. The minimum absolute atomic E-state index is 0.634. The topological polar surface area (TPSA) is 22.1 Å². The van der Waals surface area contributed by atoms with Gasteiger partial charge in [0.1, 0.15) is 5.75 Å². The van der Waals surface area contributed by atoms with Crippen molar-refractivity contribution in [3.05, 3.63) is 56.7 Å². The summed E-state index contributed by atoms with van der Waals surface area (Å²) in [5.74, 6) is 0.846. The normalized spacial score (nSPS) is 10.5. The summed E-state index contributed by atoms with van der Waals surface area (Å²) in [6.07, 6.45) is 4.46. The van der Waals surface area contributed by atoms with Crippen LogP contribution < -0.4 is 4.74 Å². The molecule has 100 valence electrons. The van der Waals surface area contributed by atoms with Gasteiger partial charge in [-0.1, -0.05) is 15.9 Å². The molecule has 0 bridgehead atoms. The fraction of sp³-hybridized carbons (Fsp3) is 0.214. The van der Waals surface area contributed by atoms with Crippen molar-refractivity contribution in [2.45, 2.75) is 11.8 Å². The fourth-order valence-electron chi connectivity index (χ4n) is 1.65. The number of benzene rings is 1. The lowest BCUT2D eigenvalue weighted by Gasteiger charge is -2.11. The molecule has 0 amide bonds. The highest BCUT2D eigenvalue weighted by Crippen LogP contribution is 2.35. The second kappa shape index (κ2) is 7.41. The van der Waals surface area contributed by atoms with Crippen LogP contribution in [0.25, 0.3) is 0 Å². The molecule has 1 aromatic heterocycles. The molecule has 0 fully saturated rings. The number of hydrogen-bond acceptors (Lipinski definition) is 2. The van der Waals surface area contributed by atoms with Gasteiger partial charge in [-0.2, -0.15) is 0 Å². The summed E-state index contributed by atoms with van der Waals surface area (Å²) < 4.78 is 7.77. The second-order valence-corrected chi connectivity index (χ2v) is 6.25. The van der Waals surface area contributed by atoms with Crippen LogP contribution in [0.2, 0.25) is 0 Å². The van der Waals surface area contributed by atoms with Crippen molar-refractivity contribution in [2.24, 2.45) is 0 Å². The van der Waals surface area contributed by atoms with Gasteiger partial charge in [-0.25, -0.2) is 0 Å². The molecule has 0 atom stereocenters. The van der Waals surface area contributed by atoms with Crippen molar-refractivity contribution >= 4 is 47.8 Å². The fourth-order valence-corrected chi connectivity index (χ4v) is 3.48. The highest BCUT2D eigenvalue weighted by Gasteiger charge is 2.08. The summed E-state index contributed by atoms with van der Waals surface area (Å²) in [4.78, 5) is 4.00. The molecule has 0 aliphatic rings. The summed E-state index contributed by atoms with van der Waals surface area (Å²) in [5, 5.41) is 0.821. The predicted molar refractivity (Wildman–Crippen MR) is 87.9 cm³/mol. The summed E-state index contributed by atoms with van der Waals surface area (Å²) in [6, 6.07) is 8.12. The first-order valence-electron chi connectivity index (χ1n) is 5.76. The van der Waals surface area contributed by atoms with Crippen LogP contribution in [0.4, 0.5) is 0 Å². The number of nitrogens with zero attached hydrogens (tertiary/aromatic N) is 1. The first-order chi connectivity index (χ1) is 9.20. The Kier molecular flexibility index (Phi) is 5.85. The number of rotatable bonds is 5. The van der Waals surface area contributed by atoms with E-state index in [0.717, 1.165) is 26.4 Å². The number of hydrogen-bond donors (Lipinski definition) is 0. The van der Waals surface area contributed by atoms with E-state index in [-0.39, 0.29) is 0 Å². The molecule has 1 heterocycles. The van der Waals surface area contributed by atoms with E-state index in [1.165, 1.54) is 11.1 Å². The maximum atomic E-state index is 5.84. The van der Waals surface area contributed by atoms with Gasteiger partial charge in [0.05, 0.1) is 15.6 Å². The highest BCUT2D eigenvalue weighted by atomic mass is 79.9. The average Bonchev–Trinajstić information content (AvgIpc) is 2.42. The minimum Gasteiger partial charge on any atom is -0.491 e. The average molecular weight is 450 g/mol. The summed E-state index contributed by atoms with van der Waals surface area (Å²) in [5.41, 5.74) is 2.42. The van der Waals surface area contributed by atoms with Crippen molar-refractivity contribution in [2.75, 3.05) is 6.61 Å². The molecule has 0 aliphatic heterocycles. The van der Waals surface area contributed by atoms with Crippen LogP contribution in [-0.2, 0) is 11.8 Å². The maximum Gasteiger partial charge on any atom is 0.147 e. The Morgan fingerprint density at radius 3 is 2.21 bits per heavy atom. The van der Waals surface area contributed by atoms with E-state index in [0.29, 0.717) is 6.61 Å². The first-order valence-corrected chi connectivity index (χ1v) is 8.47. The van der Waals surface area contributed by atoms with Crippen LogP contribution in [0.3, 0.4) is 0 Å². The second-order valence-electron chi connectivity index (χ2n) is 3.98. The van der Waals surface area contributed by atoms with E-state index >= 15 is 0 Å². The van der Waals surface area contributed by atoms with Gasteiger partial charge in [-0.3, -0.25) is 4.98 Å². The lowest BCUT2D eigenvalue weighted by molar-refractivity contribution is 0.318. The van der Waals surface area contributed by atoms with E-state index in [1.807, 2.05) is 12.1 Å². The predicted octanol–water partition coefficient (Wildman–Crippen LogP) is 5.12. The van der Waals surface area contributed by atoms with E-state index in [9.17, 15) is 0 Å². The van der Waals surface area contributed by atoms with Crippen molar-refractivity contribution in [3.8, 4) is 5.75 Å². The van der Waals surface area contributed by atoms with Crippen molar-refractivity contribution in [3.63, 3.8) is 0 Å². The van der Waals surface area contributed by atoms with Crippen LogP contribution in [0.1, 0.15) is 11.1 Å². The lowest BCUT2D eigenvalue weighted by atomic mass is 10.2. The molecule has 0 N–H and O–H groups in total. The SMILES string of the molecule is BrCc1cc(Br)c(OCCc2ccncc2)c(Br)c1. The van der Waals surface area contributed by atoms with Gasteiger partial charge in [0.2, 0.25) is 0 Å². The zero-order valence-corrected chi connectivity index (χ0v) is 14.8. The summed E-state index contributed by atoms with van der Waals surface area (Å²) >= 11 is 10.5. The van der Waals surface area contributed by atoms with Gasteiger partial charge in [-0.05, 0) is 67.3 Å². The molecule has 2 rings (SSSR count). The van der Waals surface area contributed by atoms with E-state index in [4.69, 9.17) is 4.74 Å². The van der Waals surface area contributed by atoms with E-state index in [1.54, 1.807) is 12.4 Å². The molecular weight excluding hydrogens is 438 g/mol. The van der Waals surface area contributed by atoms with Crippen LogP contribution in [0, 0.1) is 0 Å². The number of halogens is 3. The minimum atomic E-state index is 0.634.